The second kappa shape index (κ2) is 6.39. The summed E-state index contributed by atoms with van der Waals surface area (Å²) in [7, 11) is 1.64. The molecule has 1 aromatic rings. The van der Waals surface area contributed by atoms with E-state index >= 15 is 0 Å². The highest BCUT2D eigenvalue weighted by molar-refractivity contribution is 6.40. The minimum atomic E-state index is -0.865. The summed E-state index contributed by atoms with van der Waals surface area (Å²) in [5.74, 6) is 1.01. The Morgan fingerprint density at radius 2 is 2.10 bits per heavy atom. The lowest BCUT2D eigenvalue weighted by Gasteiger charge is -2.64. The normalized spacial score (nSPS) is 33.7. The minimum absolute atomic E-state index is 0.00454. The molecule has 6 nitrogen and oxygen atoms in total. The monoisotopic (exact) mass is 396 g/mol. The molecule has 3 fully saturated rings. The van der Waals surface area contributed by atoms with Crippen LogP contribution in [0.25, 0.3) is 0 Å². The van der Waals surface area contributed by atoms with Crippen molar-refractivity contribution in [3.8, 4) is 5.75 Å². The number of rotatable bonds is 4. The SMILES string of the molecule is COc1ccc2c(c1)[C@]13CCN(CC4CC4)[C@H](C2)[C@]1(OC(C)=O)CC(=N)C(=O)C3. The molecule has 0 radical (unpaired) electrons. The van der Waals surface area contributed by atoms with E-state index in [1.807, 2.05) is 12.1 Å². The molecule has 154 valence electrons. The van der Waals surface area contributed by atoms with Crippen LogP contribution in [0.2, 0.25) is 0 Å². The van der Waals surface area contributed by atoms with Crippen LogP contribution in [-0.4, -0.2) is 54.2 Å². The number of carbonyl (C=O) groups excluding carboxylic acids is 2. The van der Waals surface area contributed by atoms with E-state index in [0.29, 0.717) is 0 Å². The summed E-state index contributed by atoms with van der Waals surface area (Å²) < 4.78 is 11.7. The van der Waals surface area contributed by atoms with Crippen molar-refractivity contribution in [1.82, 2.24) is 4.90 Å². The first-order valence-corrected chi connectivity index (χ1v) is 10.6. The standard InChI is InChI=1S/C23H28N2O4/c1-14(26)29-23-11-19(24)20(27)12-22(23)7-8-25(13-15-3-4-15)21(23)9-16-5-6-17(28-2)10-18(16)22/h5-6,10,15,21,24H,3-4,7-9,11-13H2,1-2H3/t21-,22-,23-/m1/s1. The van der Waals surface area contributed by atoms with E-state index in [1.165, 1.54) is 25.3 Å². The second-order valence-electron chi connectivity index (χ2n) is 9.25. The van der Waals surface area contributed by atoms with E-state index in [1.54, 1.807) is 7.11 Å². The Morgan fingerprint density at radius 3 is 2.79 bits per heavy atom. The molecule has 3 atom stereocenters. The van der Waals surface area contributed by atoms with Crippen molar-refractivity contribution in [2.24, 2.45) is 5.92 Å². The molecular weight excluding hydrogens is 368 g/mol. The van der Waals surface area contributed by atoms with Crippen molar-refractivity contribution in [2.45, 2.75) is 62.5 Å². The van der Waals surface area contributed by atoms with Crippen LogP contribution in [-0.2, 0) is 26.2 Å². The van der Waals surface area contributed by atoms with Gasteiger partial charge < -0.3 is 14.9 Å². The molecule has 0 spiro atoms. The average Bonchev–Trinajstić information content (AvgIpc) is 3.49. The predicted octanol–water partition coefficient (Wildman–Crippen LogP) is 2.66. The summed E-state index contributed by atoms with van der Waals surface area (Å²) in [6.07, 6.45) is 4.47. The Labute approximate surface area is 171 Å². The number of carbonyl (C=O) groups is 2. The number of piperidine rings is 1. The Balaban J connectivity index is 1.72. The molecule has 1 saturated heterocycles. The number of ketones is 1. The predicted molar refractivity (Wildman–Crippen MR) is 108 cm³/mol. The van der Waals surface area contributed by atoms with Crippen molar-refractivity contribution >= 4 is 17.5 Å². The molecule has 2 bridgehead atoms. The van der Waals surface area contributed by atoms with Crippen LogP contribution in [0.4, 0.5) is 0 Å². The molecule has 1 heterocycles. The molecule has 5 rings (SSSR count). The number of hydrogen-bond acceptors (Lipinski definition) is 6. The summed E-state index contributed by atoms with van der Waals surface area (Å²) >= 11 is 0. The fourth-order valence-corrected chi connectivity index (χ4v) is 6.16. The number of hydrogen-bond donors (Lipinski definition) is 1. The molecule has 1 aromatic carbocycles. The van der Waals surface area contributed by atoms with Crippen LogP contribution in [0.1, 0.15) is 50.2 Å². The molecule has 0 amide bonds. The smallest absolute Gasteiger partial charge is 0.303 e. The van der Waals surface area contributed by atoms with Crippen LogP contribution in [0.15, 0.2) is 18.2 Å². The van der Waals surface area contributed by atoms with E-state index in [-0.39, 0.29) is 36.3 Å². The number of nitrogens with one attached hydrogen (secondary N) is 1. The van der Waals surface area contributed by atoms with Crippen LogP contribution in [0, 0.1) is 11.3 Å². The minimum Gasteiger partial charge on any atom is -0.497 e. The third-order valence-electron chi connectivity index (χ3n) is 7.61. The number of benzene rings is 1. The molecule has 0 unspecified atom stereocenters. The summed E-state index contributed by atoms with van der Waals surface area (Å²) in [5, 5.41) is 8.36. The molecule has 1 aliphatic heterocycles. The van der Waals surface area contributed by atoms with Gasteiger partial charge in [0.1, 0.15) is 11.4 Å². The summed E-state index contributed by atoms with van der Waals surface area (Å²) in [6.45, 7) is 3.35. The Morgan fingerprint density at radius 1 is 1.31 bits per heavy atom. The number of nitrogens with zero attached hydrogens (tertiary/aromatic N) is 1. The van der Waals surface area contributed by atoms with Gasteiger partial charge in [-0.1, -0.05) is 6.07 Å². The lowest BCUT2D eigenvalue weighted by molar-refractivity contribution is -0.197. The van der Waals surface area contributed by atoms with E-state index in [4.69, 9.17) is 14.9 Å². The maximum atomic E-state index is 12.8. The molecule has 6 heteroatoms. The highest BCUT2D eigenvalue weighted by atomic mass is 16.6. The topological polar surface area (TPSA) is 79.7 Å². The quantitative estimate of drug-likeness (QED) is 0.792. The van der Waals surface area contributed by atoms with Crippen LogP contribution in [0.3, 0.4) is 0 Å². The van der Waals surface area contributed by atoms with Gasteiger partial charge in [-0.25, -0.2) is 0 Å². The maximum Gasteiger partial charge on any atom is 0.303 e. The lowest BCUT2D eigenvalue weighted by Crippen LogP contribution is -2.75. The van der Waals surface area contributed by atoms with Gasteiger partial charge in [-0.15, -0.1) is 0 Å². The Kier molecular flexibility index (Phi) is 4.14. The highest BCUT2D eigenvalue weighted by Crippen LogP contribution is 2.59. The van der Waals surface area contributed by atoms with E-state index in [2.05, 4.69) is 11.0 Å². The highest BCUT2D eigenvalue weighted by Gasteiger charge is 2.68. The first-order valence-electron chi connectivity index (χ1n) is 10.6. The van der Waals surface area contributed by atoms with Crippen LogP contribution in [0.5, 0.6) is 5.75 Å². The molecule has 3 aliphatic carbocycles. The van der Waals surface area contributed by atoms with Crippen molar-refractivity contribution < 1.29 is 19.1 Å². The second-order valence-corrected chi connectivity index (χ2v) is 9.25. The third kappa shape index (κ3) is 2.68. The molecule has 4 aliphatic rings. The zero-order valence-electron chi connectivity index (χ0n) is 17.1. The first-order chi connectivity index (χ1) is 13.9. The van der Waals surface area contributed by atoms with Gasteiger partial charge in [0.15, 0.2) is 5.78 Å². The first kappa shape index (κ1) is 18.8. The van der Waals surface area contributed by atoms with Gasteiger partial charge in [-0.3, -0.25) is 14.5 Å². The van der Waals surface area contributed by atoms with Crippen molar-refractivity contribution in [2.75, 3.05) is 20.2 Å². The maximum absolute atomic E-state index is 12.8. The lowest BCUT2D eigenvalue weighted by atomic mass is 9.49. The average molecular weight is 396 g/mol. The van der Waals surface area contributed by atoms with Crippen molar-refractivity contribution in [3.63, 3.8) is 0 Å². The van der Waals surface area contributed by atoms with Gasteiger partial charge in [0.2, 0.25) is 0 Å². The Bertz CT molecular complexity index is 908. The van der Waals surface area contributed by atoms with Gasteiger partial charge in [-0.05, 0) is 61.4 Å². The molecule has 2 saturated carbocycles. The van der Waals surface area contributed by atoms with E-state index in [0.717, 1.165) is 43.2 Å². The number of methoxy groups -OCH3 is 1. The van der Waals surface area contributed by atoms with Crippen molar-refractivity contribution in [3.05, 3.63) is 29.3 Å². The van der Waals surface area contributed by atoms with Gasteiger partial charge in [-0.2, -0.15) is 0 Å². The zero-order chi connectivity index (χ0) is 20.4. The third-order valence-corrected chi connectivity index (χ3v) is 7.61. The van der Waals surface area contributed by atoms with Crippen LogP contribution >= 0.6 is 0 Å². The zero-order valence-corrected chi connectivity index (χ0v) is 17.1. The van der Waals surface area contributed by atoms with E-state index < -0.39 is 11.0 Å². The molecule has 1 N–H and O–H groups in total. The number of fused-ring (bicyclic) bond motifs is 1. The fraction of sp³-hybridized carbons (Fsp3) is 0.609. The molecule has 29 heavy (non-hydrogen) atoms. The summed E-state index contributed by atoms with van der Waals surface area (Å²) in [6, 6.07) is 6.10. The summed E-state index contributed by atoms with van der Waals surface area (Å²) in [4.78, 5) is 27.6. The van der Waals surface area contributed by atoms with Gasteiger partial charge >= 0.3 is 5.97 Å². The van der Waals surface area contributed by atoms with Gasteiger partial charge in [0.05, 0.1) is 18.9 Å². The number of esters is 1. The van der Waals surface area contributed by atoms with Gasteiger partial charge in [0, 0.05) is 31.7 Å². The summed E-state index contributed by atoms with van der Waals surface area (Å²) in [5.41, 5.74) is 0.914. The molecule has 0 aromatic heterocycles. The fourth-order valence-electron chi connectivity index (χ4n) is 6.16. The number of ether oxygens (including phenoxy) is 2. The Hall–Kier alpha value is -2.21. The number of likely N-dealkylation sites (tertiary alicyclic amines) is 1. The molecular formula is C23H28N2O4. The van der Waals surface area contributed by atoms with Gasteiger partial charge in [0.25, 0.3) is 0 Å². The largest absolute Gasteiger partial charge is 0.497 e. The van der Waals surface area contributed by atoms with Crippen molar-refractivity contribution in [1.29, 1.82) is 5.41 Å². The number of Topliss-reactive ketones (excluding diaryl/α,β-unsaturated/α-hetero) is 1. The van der Waals surface area contributed by atoms with Crippen LogP contribution < -0.4 is 4.74 Å². The van der Waals surface area contributed by atoms with E-state index in [9.17, 15) is 9.59 Å².